The zero-order valence-corrected chi connectivity index (χ0v) is 12.6. The van der Waals surface area contributed by atoms with E-state index in [9.17, 15) is 0 Å². The number of nitrogens with two attached hydrogens (primary N) is 1. The van der Waals surface area contributed by atoms with E-state index >= 15 is 0 Å². The molecule has 1 aromatic heterocycles. The van der Waals surface area contributed by atoms with Gasteiger partial charge in [-0.3, -0.25) is 4.98 Å². The van der Waals surface area contributed by atoms with E-state index in [0.717, 1.165) is 34.6 Å². The van der Waals surface area contributed by atoms with Gasteiger partial charge in [-0.1, -0.05) is 19.1 Å². The van der Waals surface area contributed by atoms with E-state index in [1.807, 2.05) is 19.1 Å². The Balaban J connectivity index is 2.48. The standard InChI is InChI=1S/C17H22N2O/c1-5-13-7-6-8-19-17(13)16(18)14-9-12(3)15(20-4)10-11(14)2/h6-10,16H,5,18H2,1-4H3. The molecule has 1 heterocycles. The van der Waals surface area contributed by atoms with Crippen molar-refractivity contribution in [1.82, 2.24) is 4.98 Å². The third kappa shape index (κ3) is 2.68. The maximum Gasteiger partial charge on any atom is 0.122 e. The summed E-state index contributed by atoms with van der Waals surface area (Å²) >= 11 is 0. The second kappa shape index (κ2) is 6.06. The molecule has 20 heavy (non-hydrogen) atoms. The summed E-state index contributed by atoms with van der Waals surface area (Å²) in [6.45, 7) is 6.22. The molecule has 1 atom stereocenters. The minimum Gasteiger partial charge on any atom is -0.496 e. The van der Waals surface area contributed by atoms with Crippen molar-refractivity contribution < 1.29 is 4.74 Å². The number of methoxy groups -OCH3 is 1. The molecule has 2 aromatic rings. The number of aromatic nitrogens is 1. The Kier molecular flexibility index (Phi) is 4.40. The highest BCUT2D eigenvalue weighted by molar-refractivity contribution is 5.45. The van der Waals surface area contributed by atoms with Crippen molar-refractivity contribution in [3.63, 3.8) is 0 Å². The first-order chi connectivity index (χ1) is 9.58. The number of benzene rings is 1. The van der Waals surface area contributed by atoms with Crippen LogP contribution in [0.2, 0.25) is 0 Å². The molecule has 3 heteroatoms. The Labute approximate surface area is 120 Å². The van der Waals surface area contributed by atoms with E-state index in [-0.39, 0.29) is 6.04 Å². The van der Waals surface area contributed by atoms with Crippen molar-refractivity contribution in [3.8, 4) is 5.75 Å². The number of pyridine rings is 1. The van der Waals surface area contributed by atoms with Crippen LogP contribution in [0.4, 0.5) is 0 Å². The monoisotopic (exact) mass is 270 g/mol. The largest absolute Gasteiger partial charge is 0.496 e. The third-order valence-electron chi connectivity index (χ3n) is 3.72. The zero-order valence-electron chi connectivity index (χ0n) is 12.6. The van der Waals surface area contributed by atoms with Crippen molar-refractivity contribution in [2.75, 3.05) is 7.11 Å². The minimum absolute atomic E-state index is 0.198. The molecule has 0 aliphatic rings. The predicted molar refractivity (Wildman–Crippen MR) is 82.1 cm³/mol. The van der Waals surface area contributed by atoms with Crippen molar-refractivity contribution in [2.45, 2.75) is 33.2 Å². The van der Waals surface area contributed by atoms with Gasteiger partial charge < -0.3 is 10.5 Å². The molecule has 0 radical (unpaired) electrons. The summed E-state index contributed by atoms with van der Waals surface area (Å²) in [4.78, 5) is 4.48. The van der Waals surface area contributed by atoms with Crippen LogP contribution in [0.15, 0.2) is 30.5 Å². The number of hydrogen-bond acceptors (Lipinski definition) is 3. The second-order valence-electron chi connectivity index (χ2n) is 5.06. The zero-order chi connectivity index (χ0) is 14.7. The summed E-state index contributed by atoms with van der Waals surface area (Å²) < 4.78 is 5.35. The summed E-state index contributed by atoms with van der Waals surface area (Å²) in [5.41, 5.74) is 11.9. The Hall–Kier alpha value is -1.87. The molecule has 0 spiro atoms. The predicted octanol–water partition coefficient (Wildman–Crippen LogP) is 3.32. The third-order valence-corrected chi connectivity index (χ3v) is 3.72. The fourth-order valence-corrected chi connectivity index (χ4v) is 2.54. The number of ether oxygens (including phenoxy) is 1. The van der Waals surface area contributed by atoms with Crippen LogP contribution in [0.1, 0.15) is 40.9 Å². The number of aryl methyl sites for hydroxylation is 3. The molecule has 3 nitrogen and oxygen atoms in total. The molecular formula is C17H22N2O. The first-order valence-corrected chi connectivity index (χ1v) is 6.93. The van der Waals surface area contributed by atoms with E-state index in [4.69, 9.17) is 10.5 Å². The molecule has 0 bridgehead atoms. The molecule has 2 rings (SSSR count). The van der Waals surface area contributed by atoms with Crippen molar-refractivity contribution >= 4 is 0 Å². The fourth-order valence-electron chi connectivity index (χ4n) is 2.54. The molecule has 0 amide bonds. The van der Waals surface area contributed by atoms with Gasteiger partial charge in [0.1, 0.15) is 5.75 Å². The van der Waals surface area contributed by atoms with E-state index in [2.05, 4.69) is 31.0 Å². The minimum atomic E-state index is -0.198. The molecule has 0 aliphatic carbocycles. The number of hydrogen-bond donors (Lipinski definition) is 1. The summed E-state index contributed by atoms with van der Waals surface area (Å²) in [7, 11) is 1.69. The summed E-state index contributed by atoms with van der Waals surface area (Å²) in [6, 6.07) is 8.00. The van der Waals surface area contributed by atoms with Gasteiger partial charge in [0.2, 0.25) is 0 Å². The van der Waals surface area contributed by atoms with Gasteiger partial charge in [0, 0.05) is 6.20 Å². The normalized spacial score (nSPS) is 12.2. The van der Waals surface area contributed by atoms with Crippen LogP contribution < -0.4 is 10.5 Å². The molecule has 1 aromatic carbocycles. The average molecular weight is 270 g/mol. The molecule has 2 N–H and O–H groups in total. The van der Waals surface area contributed by atoms with Crippen LogP contribution in [-0.2, 0) is 6.42 Å². The van der Waals surface area contributed by atoms with Crippen molar-refractivity contribution in [1.29, 1.82) is 0 Å². The Morgan fingerprint density at radius 3 is 2.65 bits per heavy atom. The van der Waals surface area contributed by atoms with Gasteiger partial charge in [0.05, 0.1) is 18.8 Å². The van der Waals surface area contributed by atoms with Crippen molar-refractivity contribution in [2.24, 2.45) is 5.73 Å². The summed E-state index contributed by atoms with van der Waals surface area (Å²) in [5, 5.41) is 0. The molecule has 106 valence electrons. The lowest BCUT2D eigenvalue weighted by atomic mass is 9.94. The van der Waals surface area contributed by atoms with Crippen LogP contribution in [0.3, 0.4) is 0 Å². The maximum atomic E-state index is 6.45. The fraction of sp³-hybridized carbons (Fsp3) is 0.353. The smallest absolute Gasteiger partial charge is 0.122 e. The Morgan fingerprint density at radius 1 is 1.25 bits per heavy atom. The number of rotatable bonds is 4. The average Bonchev–Trinajstić information content (AvgIpc) is 2.48. The molecular weight excluding hydrogens is 248 g/mol. The van der Waals surface area contributed by atoms with Gasteiger partial charge in [-0.05, 0) is 54.7 Å². The van der Waals surface area contributed by atoms with Gasteiger partial charge in [-0.2, -0.15) is 0 Å². The van der Waals surface area contributed by atoms with Crippen LogP contribution in [0.25, 0.3) is 0 Å². The van der Waals surface area contributed by atoms with E-state index in [0.29, 0.717) is 0 Å². The summed E-state index contributed by atoms with van der Waals surface area (Å²) in [5.74, 6) is 0.898. The lowest BCUT2D eigenvalue weighted by Crippen LogP contribution is -2.17. The second-order valence-corrected chi connectivity index (χ2v) is 5.06. The van der Waals surface area contributed by atoms with Crippen LogP contribution >= 0.6 is 0 Å². The molecule has 0 saturated carbocycles. The van der Waals surface area contributed by atoms with Gasteiger partial charge in [0.25, 0.3) is 0 Å². The molecule has 0 saturated heterocycles. The quantitative estimate of drug-likeness (QED) is 0.927. The molecule has 0 aliphatic heterocycles. The SMILES string of the molecule is CCc1cccnc1C(N)c1cc(C)c(OC)cc1C. The van der Waals surface area contributed by atoms with Gasteiger partial charge in [-0.25, -0.2) is 0 Å². The highest BCUT2D eigenvalue weighted by Crippen LogP contribution is 2.29. The Morgan fingerprint density at radius 2 is 2.00 bits per heavy atom. The molecule has 1 unspecified atom stereocenters. The highest BCUT2D eigenvalue weighted by Gasteiger charge is 2.17. The lowest BCUT2D eigenvalue weighted by molar-refractivity contribution is 0.411. The van der Waals surface area contributed by atoms with E-state index < -0.39 is 0 Å². The topological polar surface area (TPSA) is 48.1 Å². The van der Waals surface area contributed by atoms with Gasteiger partial charge in [0.15, 0.2) is 0 Å². The van der Waals surface area contributed by atoms with E-state index in [1.165, 1.54) is 5.56 Å². The maximum absolute atomic E-state index is 6.45. The van der Waals surface area contributed by atoms with Gasteiger partial charge >= 0.3 is 0 Å². The van der Waals surface area contributed by atoms with Crippen LogP contribution in [0.5, 0.6) is 5.75 Å². The first kappa shape index (κ1) is 14.5. The highest BCUT2D eigenvalue weighted by atomic mass is 16.5. The van der Waals surface area contributed by atoms with Gasteiger partial charge in [-0.15, -0.1) is 0 Å². The Bertz CT molecular complexity index is 608. The van der Waals surface area contributed by atoms with Crippen molar-refractivity contribution in [3.05, 3.63) is 58.4 Å². The number of nitrogens with zero attached hydrogens (tertiary/aromatic N) is 1. The van der Waals surface area contributed by atoms with Crippen LogP contribution in [0, 0.1) is 13.8 Å². The lowest BCUT2D eigenvalue weighted by Gasteiger charge is -2.19. The van der Waals surface area contributed by atoms with E-state index in [1.54, 1.807) is 13.3 Å². The van der Waals surface area contributed by atoms with Crippen LogP contribution in [-0.4, -0.2) is 12.1 Å². The summed E-state index contributed by atoms with van der Waals surface area (Å²) in [6.07, 6.45) is 2.74. The molecule has 0 fully saturated rings. The first-order valence-electron chi connectivity index (χ1n) is 6.93.